The van der Waals surface area contributed by atoms with Crippen LogP contribution >= 0.6 is 12.4 Å². The highest BCUT2D eigenvalue weighted by Crippen LogP contribution is 2.22. The Kier molecular flexibility index (Phi) is 8.74. The zero-order valence-corrected chi connectivity index (χ0v) is 18.0. The summed E-state index contributed by atoms with van der Waals surface area (Å²) in [6.07, 6.45) is 7.13. The van der Waals surface area contributed by atoms with E-state index in [1.165, 1.54) is 0 Å². The molecule has 3 rings (SSSR count). The van der Waals surface area contributed by atoms with Crippen LogP contribution in [0, 0.1) is 0 Å². The molecule has 1 unspecified atom stereocenters. The summed E-state index contributed by atoms with van der Waals surface area (Å²) in [5.74, 6) is 0.143. The van der Waals surface area contributed by atoms with E-state index in [0.29, 0.717) is 37.4 Å². The minimum atomic E-state index is -3.41. The van der Waals surface area contributed by atoms with Gasteiger partial charge >= 0.3 is 0 Å². The number of aryl methyl sites for hydroxylation is 1. The van der Waals surface area contributed by atoms with Gasteiger partial charge in [0, 0.05) is 38.6 Å². The third-order valence-electron chi connectivity index (χ3n) is 5.72. The summed E-state index contributed by atoms with van der Waals surface area (Å²) in [6, 6.07) is 7.21. The van der Waals surface area contributed by atoms with Crippen molar-refractivity contribution in [3.63, 3.8) is 0 Å². The first-order valence-electron chi connectivity index (χ1n) is 10.1. The molecule has 2 heterocycles. The molecular weight excluding hydrogens is 398 g/mol. The highest BCUT2D eigenvalue weighted by Gasteiger charge is 2.27. The fourth-order valence-electron chi connectivity index (χ4n) is 4.06. The highest BCUT2D eigenvalue weighted by atomic mass is 35.5. The van der Waals surface area contributed by atoms with Crippen molar-refractivity contribution in [1.82, 2.24) is 9.21 Å². The largest absolute Gasteiger partial charge is 0.338 e. The first kappa shape index (κ1) is 23.1. The van der Waals surface area contributed by atoms with Crippen molar-refractivity contribution in [2.75, 3.05) is 26.2 Å². The minimum Gasteiger partial charge on any atom is -0.338 e. The molecule has 2 N–H and O–H groups in total. The third-order valence-corrected chi connectivity index (χ3v) is 7.64. The smallest absolute Gasteiger partial charge is 0.243 e. The molecule has 1 amide bonds. The second-order valence-corrected chi connectivity index (χ2v) is 9.52. The van der Waals surface area contributed by atoms with Gasteiger partial charge in [-0.05, 0) is 49.8 Å². The van der Waals surface area contributed by atoms with Crippen LogP contribution in [0.5, 0.6) is 0 Å². The van der Waals surface area contributed by atoms with E-state index in [9.17, 15) is 13.2 Å². The number of rotatable bonds is 6. The molecule has 8 heteroatoms. The summed E-state index contributed by atoms with van der Waals surface area (Å²) in [5, 5.41) is 0. The fourth-order valence-corrected chi connectivity index (χ4v) is 5.58. The third kappa shape index (κ3) is 5.47. The number of hydrogen-bond donors (Lipinski definition) is 1. The molecule has 0 saturated carbocycles. The zero-order chi connectivity index (χ0) is 19.3. The lowest BCUT2D eigenvalue weighted by atomic mass is 10.1. The van der Waals surface area contributed by atoms with Crippen LogP contribution in [0.25, 0.3) is 0 Å². The van der Waals surface area contributed by atoms with Crippen molar-refractivity contribution in [2.24, 2.45) is 5.73 Å². The molecule has 6 nitrogen and oxygen atoms in total. The Morgan fingerprint density at radius 2 is 1.64 bits per heavy atom. The van der Waals surface area contributed by atoms with Gasteiger partial charge in [-0.25, -0.2) is 8.42 Å². The Balaban J connectivity index is 0.00000280. The second kappa shape index (κ2) is 10.6. The number of carbonyl (C=O) groups is 1. The van der Waals surface area contributed by atoms with Crippen molar-refractivity contribution in [3.8, 4) is 0 Å². The van der Waals surface area contributed by atoms with Gasteiger partial charge in [0.2, 0.25) is 15.9 Å². The molecule has 158 valence electrons. The van der Waals surface area contributed by atoms with Gasteiger partial charge in [-0.2, -0.15) is 4.31 Å². The zero-order valence-electron chi connectivity index (χ0n) is 16.4. The summed E-state index contributed by atoms with van der Waals surface area (Å²) < 4.78 is 27.2. The Morgan fingerprint density at radius 1 is 1.00 bits per heavy atom. The van der Waals surface area contributed by atoms with Crippen molar-refractivity contribution < 1.29 is 13.2 Å². The Morgan fingerprint density at radius 3 is 2.25 bits per heavy atom. The van der Waals surface area contributed by atoms with Crippen LogP contribution in [-0.2, 0) is 21.2 Å². The first-order valence-corrected chi connectivity index (χ1v) is 11.5. The molecule has 0 aliphatic carbocycles. The Hall–Kier alpha value is -1.15. The molecule has 0 bridgehead atoms. The molecule has 1 aromatic carbocycles. The number of nitrogens with two attached hydrogens (primary N) is 1. The Labute approximate surface area is 174 Å². The molecule has 2 aliphatic rings. The van der Waals surface area contributed by atoms with Gasteiger partial charge in [0.15, 0.2) is 0 Å². The summed E-state index contributed by atoms with van der Waals surface area (Å²) >= 11 is 0. The molecule has 2 aliphatic heterocycles. The molecule has 28 heavy (non-hydrogen) atoms. The lowest BCUT2D eigenvalue weighted by Gasteiger charge is -2.23. The average Bonchev–Trinajstić information content (AvgIpc) is 2.99. The maximum Gasteiger partial charge on any atom is 0.243 e. The van der Waals surface area contributed by atoms with Gasteiger partial charge < -0.3 is 10.6 Å². The van der Waals surface area contributed by atoms with E-state index < -0.39 is 10.0 Å². The lowest BCUT2D eigenvalue weighted by molar-refractivity contribution is -0.131. The standard InChI is InChI=1S/C20H31N3O3S.ClH/c21-16-18-6-5-15-23(18)20(24)12-9-17-7-10-19(11-8-17)27(25,26)22-13-3-1-2-4-14-22;/h7-8,10-11,18H,1-6,9,12-16,21H2;1H. The molecule has 0 spiro atoms. The maximum absolute atomic E-state index is 12.8. The van der Waals surface area contributed by atoms with Gasteiger partial charge in [-0.3, -0.25) is 4.79 Å². The van der Waals surface area contributed by atoms with Gasteiger partial charge in [0.25, 0.3) is 0 Å². The summed E-state index contributed by atoms with van der Waals surface area (Å²) in [7, 11) is -3.41. The lowest BCUT2D eigenvalue weighted by Crippen LogP contribution is -2.39. The summed E-state index contributed by atoms with van der Waals surface area (Å²) in [5.41, 5.74) is 6.73. The van der Waals surface area contributed by atoms with E-state index in [0.717, 1.165) is 50.6 Å². The van der Waals surface area contributed by atoms with Crippen LogP contribution in [0.15, 0.2) is 29.2 Å². The summed E-state index contributed by atoms with van der Waals surface area (Å²) in [6.45, 7) is 2.54. The van der Waals surface area contributed by atoms with Crippen LogP contribution in [-0.4, -0.2) is 55.8 Å². The van der Waals surface area contributed by atoms with Crippen molar-refractivity contribution in [2.45, 2.75) is 62.3 Å². The second-order valence-electron chi connectivity index (χ2n) is 7.58. The highest BCUT2D eigenvalue weighted by molar-refractivity contribution is 7.89. The van der Waals surface area contributed by atoms with Crippen molar-refractivity contribution >= 4 is 28.3 Å². The van der Waals surface area contributed by atoms with Crippen molar-refractivity contribution in [1.29, 1.82) is 0 Å². The predicted molar refractivity (Wildman–Crippen MR) is 113 cm³/mol. The molecule has 2 fully saturated rings. The number of nitrogens with zero attached hydrogens (tertiary/aromatic N) is 2. The van der Waals surface area contributed by atoms with Gasteiger partial charge in [-0.1, -0.05) is 25.0 Å². The number of carbonyl (C=O) groups excluding carboxylic acids is 1. The van der Waals surface area contributed by atoms with Crippen LogP contribution in [0.4, 0.5) is 0 Å². The number of benzene rings is 1. The number of hydrogen-bond acceptors (Lipinski definition) is 4. The molecular formula is C20H32ClN3O3S. The van der Waals surface area contributed by atoms with Crippen LogP contribution in [0.3, 0.4) is 0 Å². The van der Waals surface area contributed by atoms with Gasteiger partial charge in [0.05, 0.1) is 4.90 Å². The van der Waals surface area contributed by atoms with Crippen molar-refractivity contribution in [3.05, 3.63) is 29.8 Å². The predicted octanol–water partition coefficient (Wildman–Crippen LogP) is 2.56. The van der Waals surface area contributed by atoms with E-state index in [-0.39, 0.29) is 24.4 Å². The maximum atomic E-state index is 12.8. The first-order chi connectivity index (χ1) is 13.0. The van der Waals surface area contributed by atoms with Gasteiger partial charge in [-0.15, -0.1) is 12.4 Å². The van der Waals surface area contributed by atoms with E-state index in [1.807, 2.05) is 17.0 Å². The minimum absolute atomic E-state index is 0. The normalized spacial score (nSPS) is 21.2. The molecule has 1 atom stereocenters. The van der Waals surface area contributed by atoms with E-state index in [2.05, 4.69) is 0 Å². The molecule has 0 radical (unpaired) electrons. The average molecular weight is 430 g/mol. The number of likely N-dealkylation sites (tertiary alicyclic amines) is 1. The fraction of sp³-hybridized carbons (Fsp3) is 0.650. The quantitative estimate of drug-likeness (QED) is 0.753. The SMILES string of the molecule is Cl.NCC1CCCN1C(=O)CCc1ccc(S(=O)(=O)N2CCCCCC2)cc1. The monoisotopic (exact) mass is 429 g/mol. The van der Waals surface area contributed by atoms with Crippen LogP contribution < -0.4 is 5.73 Å². The molecule has 0 aromatic heterocycles. The summed E-state index contributed by atoms with van der Waals surface area (Å²) in [4.78, 5) is 14.7. The number of sulfonamides is 1. The van der Waals surface area contributed by atoms with Crippen LogP contribution in [0.2, 0.25) is 0 Å². The van der Waals surface area contributed by atoms with Crippen LogP contribution in [0.1, 0.15) is 50.5 Å². The van der Waals surface area contributed by atoms with Gasteiger partial charge in [0.1, 0.15) is 0 Å². The molecule has 1 aromatic rings. The molecule has 2 saturated heterocycles. The van der Waals surface area contributed by atoms with E-state index in [1.54, 1.807) is 16.4 Å². The topological polar surface area (TPSA) is 83.7 Å². The van der Waals surface area contributed by atoms with E-state index >= 15 is 0 Å². The van der Waals surface area contributed by atoms with E-state index in [4.69, 9.17) is 5.73 Å². The Bertz CT molecular complexity index is 732. The number of halogens is 1. The number of amides is 1.